The molecule has 100 valence electrons. The minimum atomic E-state index is -0.860. The van der Waals surface area contributed by atoms with Gasteiger partial charge in [0.25, 0.3) is 0 Å². The Balaban J connectivity index is 1.59. The molecule has 3 aliphatic rings. The zero-order valence-corrected chi connectivity index (χ0v) is 11.2. The Hall–Kier alpha value is -0.710. The van der Waals surface area contributed by atoms with Gasteiger partial charge < -0.3 is 10.0 Å². The number of hydrogen-bond acceptors (Lipinski definition) is 3. The van der Waals surface area contributed by atoms with Crippen LogP contribution in [0.1, 0.15) is 32.1 Å². The first-order chi connectivity index (χ1) is 8.65. The predicted molar refractivity (Wildman–Crippen MR) is 69.1 cm³/mol. The fraction of sp³-hybridized carbons (Fsp3) is 0.846. The van der Waals surface area contributed by atoms with E-state index in [1.807, 2.05) is 0 Å². The molecule has 0 aromatic rings. The summed E-state index contributed by atoms with van der Waals surface area (Å²) in [6.45, 7) is 0. The van der Waals surface area contributed by atoms with E-state index in [2.05, 4.69) is 0 Å². The van der Waals surface area contributed by atoms with Gasteiger partial charge in [0.1, 0.15) is 6.04 Å². The quantitative estimate of drug-likeness (QED) is 0.849. The summed E-state index contributed by atoms with van der Waals surface area (Å²) in [5.41, 5.74) is 0. The Labute approximate surface area is 111 Å². The van der Waals surface area contributed by atoms with E-state index < -0.39 is 12.0 Å². The summed E-state index contributed by atoms with van der Waals surface area (Å²) >= 11 is 1.54. The third-order valence-electron chi connectivity index (χ3n) is 4.81. The number of carbonyl (C=O) groups is 2. The normalized spacial score (nSPS) is 38.3. The summed E-state index contributed by atoms with van der Waals surface area (Å²) in [6, 6.07) is -0.596. The highest BCUT2D eigenvalue weighted by molar-refractivity contribution is 7.99. The molecule has 4 atom stereocenters. The number of carbonyl (C=O) groups excluding carboxylic acids is 1. The third-order valence-corrected chi connectivity index (χ3v) is 5.82. The molecule has 0 radical (unpaired) electrons. The lowest BCUT2D eigenvalue weighted by Crippen LogP contribution is -2.42. The maximum Gasteiger partial charge on any atom is 0.327 e. The van der Waals surface area contributed by atoms with E-state index in [1.165, 1.54) is 25.7 Å². The molecule has 4 unspecified atom stereocenters. The Bertz CT molecular complexity index is 373. The Morgan fingerprint density at radius 3 is 2.72 bits per heavy atom. The zero-order chi connectivity index (χ0) is 12.7. The number of rotatable bonds is 3. The van der Waals surface area contributed by atoms with E-state index in [0.717, 1.165) is 11.8 Å². The smallest absolute Gasteiger partial charge is 0.327 e. The van der Waals surface area contributed by atoms with Crippen LogP contribution in [0.2, 0.25) is 0 Å². The van der Waals surface area contributed by atoms with Crippen LogP contribution in [0, 0.1) is 17.8 Å². The maximum atomic E-state index is 12.2. The van der Waals surface area contributed by atoms with Crippen molar-refractivity contribution in [1.82, 2.24) is 4.90 Å². The molecule has 1 amide bonds. The lowest BCUT2D eigenvalue weighted by molar-refractivity contribution is -0.148. The summed E-state index contributed by atoms with van der Waals surface area (Å²) in [7, 11) is 0. The first kappa shape index (κ1) is 12.3. The number of carboxylic acids is 1. The lowest BCUT2D eigenvalue weighted by Gasteiger charge is -2.25. The number of hydrogen-bond donors (Lipinski definition) is 1. The highest BCUT2D eigenvalue weighted by atomic mass is 32.2. The molecule has 1 aliphatic heterocycles. The molecule has 2 saturated carbocycles. The van der Waals surface area contributed by atoms with Crippen LogP contribution in [0.3, 0.4) is 0 Å². The third kappa shape index (κ3) is 2.13. The second-order valence-corrected chi connectivity index (χ2v) is 6.86. The molecule has 5 heteroatoms. The molecule has 3 rings (SSSR count). The second kappa shape index (κ2) is 4.76. The van der Waals surface area contributed by atoms with Crippen LogP contribution in [-0.4, -0.2) is 39.6 Å². The standard InChI is InChI=1S/C13H19NO3S/c15-12(14-7-18-6-11(14)13(16)17)5-10-4-8-1-2-9(10)3-8/h8-11H,1-7H2,(H,16,17). The van der Waals surface area contributed by atoms with Gasteiger partial charge in [-0.2, -0.15) is 0 Å². The van der Waals surface area contributed by atoms with Crippen molar-refractivity contribution in [1.29, 1.82) is 0 Å². The minimum Gasteiger partial charge on any atom is -0.480 e. The van der Waals surface area contributed by atoms with E-state index in [1.54, 1.807) is 16.7 Å². The molecule has 2 aliphatic carbocycles. The topological polar surface area (TPSA) is 57.6 Å². The van der Waals surface area contributed by atoms with Gasteiger partial charge in [0.05, 0.1) is 5.88 Å². The van der Waals surface area contributed by atoms with Crippen LogP contribution < -0.4 is 0 Å². The first-order valence-corrected chi connectivity index (χ1v) is 7.90. The molecule has 4 nitrogen and oxygen atoms in total. The molecule has 1 N–H and O–H groups in total. The van der Waals surface area contributed by atoms with Crippen molar-refractivity contribution in [2.75, 3.05) is 11.6 Å². The van der Waals surface area contributed by atoms with Gasteiger partial charge >= 0.3 is 5.97 Å². The van der Waals surface area contributed by atoms with Gasteiger partial charge in [-0.15, -0.1) is 11.8 Å². The van der Waals surface area contributed by atoms with Gasteiger partial charge in [0, 0.05) is 12.2 Å². The van der Waals surface area contributed by atoms with Gasteiger partial charge in [-0.1, -0.05) is 6.42 Å². The van der Waals surface area contributed by atoms with Crippen LogP contribution in [0.15, 0.2) is 0 Å². The van der Waals surface area contributed by atoms with E-state index in [0.29, 0.717) is 24.0 Å². The SMILES string of the molecule is O=C(O)C1CSCN1C(=O)CC1CC2CCC1C2. The highest BCUT2D eigenvalue weighted by Gasteiger charge is 2.42. The van der Waals surface area contributed by atoms with Crippen molar-refractivity contribution in [2.24, 2.45) is 17.8 Å². The summed E-state index contributed by atoms with van der Waals surface area (Å²) in [6.07, 6.45) is 5.68. The van der Waals surface area contributed by atoms with Gasteiger partial charge in [-0.25, -0.2) is 4.79 Å². The van der Waals surface area contributed by atoms with E-state index in [9.17, 15) is 9.59 Å². The molecule has 3 fully saturated rings. The summed E-state index contributed by atoms with van der Waals surface area (Å²) in [4.78, 5) is 24.9. The summed E-state index contributed by atoms with van der Waals surface area (Å²) < 4.78 is 0. The number of thioether (sulfide) groups is 1. The monoisotopic (exact) mass is 269 g/mol. The Kier molecular flexibility index (Phi) is 3.26. The average molecular weight is 269 g/mol. The van der Waals surface area contributed by atoms with Crippen molar-refractivity contribution in [3.63, 3.8) is 0 Å². The Morgan fingerprint density at radius 1 is 1.28 bits per heavy atom. The summed E-state index contributed by atoms with van der Waals surface area (Å²) in [5.74, 6) is 2.39. The van der Waals surface area contributed by atoms with Crippen molar-refractivity contribution < 1.29 is 14.7 Å². The predicted octanol–water partition coefficient (Wildman–Crippen LogP) is 1.80. The van der Waals surface area contributed by atoms with Crippen LogP contribution in [0.25, 0.3) is 0 Å². The number of fused-ring (bicyclic) bond motifs is 2. The van der Waals surface area contributed by atoms with E-state index >= 15 is 0 Å². The van der Waals surface area contributed by atoms with Crippen molar-refractivity contribution in [2.45, 2.75) is 38.1 Å². The number of aliphatic carboxylic acids is 1. The van der Waals surface area contributed by atoms with Crippen LogP contribution in [0.4, 0.5) is 0 Å². The molecule has 2 bridgehead atoms. The first-order valence-electron chi connectivity index (χ1n) is 6.75. The maximum absolute atomic E-state index is 12.2. The molecule has 1 heterocycles. The molecule has 0 aromatic carbocycles. The fourth-order valence-corrected chi connectivity index (χ4v) is 5.03. The molecule has 0 aromatic heterocycles. The number of amides is 1. The van der Waals surface area contributed by atoms with Crippen molar-refractivity contribution in [3.8, 4) is 0 Å². The molecule has 1 saturated heterocycles. The molecule has 18 heavy (non-hydrogen) atoms. The molecular formula is C13H19NO3S. The van der Waals surface area contributed by atoms with Crippen molar-refractivity contribution >= 4 is 23.6 Å². The van der Waals surface area contributed by atoms with E-state index in [-0.39, 0.29) is 5.91 Å². The number of carboxylic acid groups (broad SMARTS) is 1. The van der Waals surface area contributed by atoms with Crippen molar-refractivity contribution in [3.05, 3.63) is 0 Å². The summed E-state index contributed by atoms with van der Waals surface area (Å²) in [5, 5.41) is 9.09. The highest BCUT2D eigenvalue weighted by Crippen LogP contribution is 2.49. The average Bonchev–Trinajstić information content (AvgIpc) is 3.04. The fourth-order valence-electron chi connectivity index (χ4n) is 3.86. The van der Waals surface area contributed by atoms with Gasteiger partial charge in [0.15, 0.2) is 0 Å². The zero-order valence-electron chi connectivity index (χ0n) is 10.4. The minimum absolute atomic E-state index is 0.0601. The van der Waals surface area contributed by atoms with Crippen LogP contribution in [-0.2, 0) is 9.59 Å². The lowest BCUT2D eigenvalue weighted by atomic mass is 9.86. The molecule has 0 spiro atoms. The van der Waals surface area contributed by atoms with Crippen LogP contribution in [0.5, 0.6) is 0 Å². The van der Waals surface area contributed by atoms with Gasteiger partial charge in [-0.05, 0) is 37.0 Å². The van der Waals surface area contributed by atoms with Gasteiger partial charge in [0.2, 0.25) is 5.91 Å². The largest absolute Gasteiger partial charge is 0.480 e. The number of nitrogens with zero attached hydrogens (tertiary/aromatic N) is 1. The van der Waals surface area contributed by atoms with Gasteiger partial charge in [-0.3, -0.25) is 4.79 Å². The second-order valence-electron chi connectivity index (χ2n) is 5.86. The van der Waals surface area contributed by atoms with Crippen LogP contribution >= 0.6 is 11.8 Å². The molecular weight excluding hydrogens is 250 g/mol. The van der Waals surface area contributed by atoms with E-state index in [4.69, 9.17) is 5.11 Å². The Morgan fingerprint density at radius 2 is 2.11 bits per heavy atom.